The van der Waals surface area contributed by atoms with E-state index in [1.165, 1.54) is 19.3 Å². The number of hydrogen-bond acceptors (Lipinski definition) is 2. The van der Waals surface area contributed by atoms with Crippen molar-refractivity contribution in [1.82, 2.24) is 10.2 Å². The Labute approximate surface area is 118 Å². The maximum absolute atomic E-state index is 12.2. The summed E-state index contributed by atoms with van der Waals surface area (Å²) >= 11 is 5.93. The van der Waals surface area contributed by atoms with Crippen molar-refractivity contribution in [3.63, 3.8) is 0 Å². The minimum absolute atomic E-state index is 0.0212. The van der Waals surface area contributed by atoms with E-state index >= 15 is 0 Å². The Kier molecular flexibility index (Phi) is 3.76. The molecule has 3 rings (SSSR count). The maximum Gasteiger partial charge on any atom is 0.238 e. The van der Waals surface area contributed by atoms with Gasteiger partial charge >= 0.3 is 0 Å². The fourth-order valence-corrected chi connectivity index (χ4v) is 3.34. The van der Waals surface area contributed by atoms with Gasteiger partial charge in [-0.1, -0.05) is 43.0 Å². The van der Waals surface area contributed by atoms with Crippen LogP contribution in [-0.2, 0) is 4.79 Å². The van der Waals surface area contributed by atoms with E-state index in [4.69, 9.17) is 11.6 Å². The lowest BCUT2D eigenvalue weighted by molar-refractivity contribution is -0.131. The predicted octanol–water partition coefficient (Wildman–Crippen LogP) is 3.10. The minimum Gasteiger partial charge on any atom is -0.319 e. The van der Waals surface area contributed by atoms with Gasteiger partial charge in [-0.3, -0.25) is 10.1 Å². The van der Waals surface area contributed by atoms with Crippen LogP contribution in [0.15, 0.2) is 24.3 Å². The molecule has 1 atom stereocenters. The smallest absolute Gasteiger partial charge is 0.238 e. The molecule has 19 heavy (non-hydrogen) atoms. The van der Waals surface area contributed by atoms with Crippen LogP contribution in [0.5, 0.6) is 0 Å². The molecule has 1 unspecified atom stereocenters. The topological polar surface area (TPSA) is 32.3 Å². The molecule has 1 aromatic carbocycles. The van der Waals surface area contributed by atoms with Gasteiger partial charge in [0.15, 0.2) is 0 Å². The van der Waals surface area contributed by atoms with Gasteiger partial charge < -0.3 is 4.90 Å². The third-order valence-corrected chi connectivity index (χ3v) is 4.42. The number of rotatable bonds is 2. The van der Waals surface area contributed by atoms with Crippen molar-refractivity contribution in [3.05, 3.63) is 34.9 Å². The van der Waals surface area contributed by atoms with Crippen LogP contribution in [0.25, 0.3) is 0 Å². The molecule has 102 valence electrons. The number of carbonyl (C=O) groups excluding carboxylic acids is 1. The van der Waals surface area contributed by atoms with E-state index in [1.807, 2.05) is 24.3 Å². The average Bonchev–Trinajstić information content (AvgIpc) is 2.82. The van der Waals surface area contributed by atoms with Crippen LogP contribution in [0.3, 0.4) is 0 Å². The Hall–Kier alpha value is -1.06. The van der Waals surface area contributed by atoms with Crippen LogP contribution in [0.4, 0.5) is 0 Å². The summed E-state index contributed by atoms with van der Waals surface area (Å²) in [6.07, 6.45) is 6.07. The van der Waals surface area contributed by atoms with Gasteiger partial charge in [-0.2, -0.15) is 0 Å². The molecule has 2 aliphatic rings. The molecule has 1 amide bonds. The zero-order valence-electron chi connectivity index (χ0n) is 10.9. The molecule has 0 bridgehead atoms. The second kappa shape index (κ2) is 5.51. The number of hydrogen-bond donors (Lipinski definition) is 1. The van der Waals surface area contributed by atoms with Gasteiger partial charge in [-0.15, -0.1) is 0 Å². The lowest BCUT2D eigenvalue weighted by Gasteiger charge is -2.35. The number of halogens is 1. The van der Waals surface area contributed by atoms with E-state index in [-0.39, 0.29) is 12.1 Å². The average molecular weight is 279 g/mol. The molecule has 1 aromatic rings. The van der Waals surface area contributed by atoms with E-state index < -0.39 is 0 Å². The molecule has 1 saturated heterocycles. The van der Waals surface area contributed by atoms with E-state index in [2.05, 4.69) is 10.2 Å². The molecule has 4 heteroatoms. The lowest BCUT2D eigenvalue weighted by atomic mass is 9.93. The fraction of sp³-hybridized carbons (Fsp3) is 0.533. The van der Waals surface area contributed by atoms with E-state index in [1.54, 1.807) is 0 Å². The van der Waals surface area contributed by atoms with Crippen LogP contribution in [0, 0.1) is 0 Å². The standard InChI is InChI=1S/C15H19ClN2O/c16-12-8-6-11(7-9-12)15-17-10-14(19)18(15)13-4-2-1-3-5-13/h6-9,13,15,17H,1-5,10H2. The summed E-state index contributed by atoms with van der Waals surface area (Å²) in [6, 6.07) is 8.20. The third-order valence-electron chi connectivity index (χ3n) is 4.17. The Morgan fingerprint density at radius 2 is 1.79 bits per heavy atom. The second-order valence-electron chi connectivity index (χ2n) is 5.43. The van der Waals surface area contributed by atoms with Crippen molar-refractivity contribution in [2.75, 3.05) is 6.54 Å². The van der Waals surface area contributed by atoms with Crippen LogP contribution in [0.1, 0.15) is 43.8 Å². The van der Waals surface area contributed by atoms with E-state index in [0.29, 0.717) is 12.6 Å². The normalized spacial score (nSPS) is 25.0. The molecule has 0 radical (unpaired) electrons. The molecule has 1 heterocycles. The number of amides is 1. The van der Waals surface area contributed by atoms with Crippen molar-refractivity contribution < 1.29 is 4.79 Å². The largest absolute Gasteiger partial charge is 0.319 e. The summed E-state index contributed by atoms with van der Waals surface area (Å²) in [5.74, 6) is 0.229. The highest BCUT2D eigenvalue weighted by atomic mass is 35.5. The first-order chi connectivity index (χ1) is 9.25. The van der Waals surface area contributed by atoms with Gasteiger partial charge in [-0.05, 0) is 30.5 Å². The number of carbonyl (C=O) groups is 1. The quantitative estimate of drug-likeness (QED) is 0.902. The van der Waals surface area contributed by atoms with Crippen LogP contribution >= 0.6 is 11.6 Å². The van der Waals surface area contributed by atoms with E-state index in [9.17, 15) is 4.79 Å². The molecule has 1 N–H and O–H groups in total. The second-order valence-corrected chi connectivity index (χ2v) is 5.86. The van der Waals surface area contributed by atoms with Crippen molar-refractivity contribution in [2.24, 2.45) is 0 Å². The summed E-state index contributed by atoms with van der Waals surface area (Å²) in [4.78, 5) is 14.2. The minimum atomic E-state index is 0.0212. The molecule has 1 saturated carbocycles. The van der Waals surface area contributed by atoms with Gasteiger partial charge in [0.2, 0.25) is 5.91 Å². The first kappa shape index (κ1) is 12.9. The predicted molar refractivity (Wildman–Crippen MR) is 75.9 cm³/mol. The highest BCUT2D eigenvalue weighted by molar-refractivity contribution is 6.30. The number of nitrogens with one attached hydrogen (secondary N) is 1. The van der Waals surface area contributed by atoms with Crippen molar-refractivity contribution in [1.29, 1.82) is 0 Å². The van der Waals surface area contributed by atoms with Gasteiger partial charge in [0.05, 0.1) is 6.54 Å². The molecule has 3 nitrogen and oxygen atoms in total. The summed E-state index contributed by atoms with van der Waals surface area (Å²) in [5.41, 5.74) is 1.13. The zero-order valence-corrected chi connectivity index (χ0v) is 11.7. The molecular weight excluding hydrogens is 260 g/mol. The lowest BCUT2D eigenvalue weighted by Crippen LogP contribution is -2.40. The summed E-state index contributed by atoms with van der Waals surface area (Å²) in [6.45, 7) is 0.448. The first-order valence-corrected chi connectivity index (χ1v) is 7.43. The summed E-state index contributed by atoms with van der Waals surface area (Å²) in [7, 11) is 0. The Morgan fingerprint density at radius 1 is 1.11 bits per heavy atom. The Bertz CT molecular complexity index is 454. The van der Waals surface area contributed by atoms with Crippen LogP contribution < -0.4 is 5.32 Å². The van der Waals surface area contributed by atoms with Crippen LogP contribution in [0.2, 0.25) is 5.02 Å². The van der Waals surface area contributed by atoms with Crippen LogP contribution in [-0.4, -0.2) is 23.4 Å². The zero-order chi connectivity index (χ0) is 13.2. The number of benzene rings is 1. The summed E-state index contributed by atoms with van der Waals surface area (Å²) < 4.78 is 0. The van der Waals surface area contributed by atoms with Gasteiger partial charge in [0.1, 0.15) is 6.17 Å². The van der Waals surface area contributed by atoms with Crippen molar-refractivity contribution in [3.8, 4) is 0 Å². The van der Waals surface area contributed by atoms with Crippen molar-refractivity contribution >= 4 is 17.5 Å². The first-order valence-electron chi connectivity index (χ1n) is 7.06. The Balaban J connectivity index is 1.83. The maximum atomic E-state index is 12.2. The number of nitrogens with zero attached hydrogens (tertiary/aromatic N) is 1. The highest BCUT2D eigenvalue weighted by Gasteiger charge is 2.36. The Morgan fingerprint density at radius 3 is 2.47 bits per heavy atom. The molecular formula is C15H19ClN2O. The van der Waals surface area contributed by atoms with E-state index in [0.717, 1.165) is 23.4 Å². The molecule has 0 spiro atoms. The molecule has 2 fully saturated rings. The molecule has 1 aliphatic heterocycles. The third kappa shape index (κ3) is 2.63. The highest BCUT2D eigenvalue weighted by Crippen LogP contribution is 2.32. The molecule has 0 aromatic heterocycles. The van der Waals surface area contributed by atoms with Gasteiger partial charge in [-0.25, -0.2) is 0 Å². The fourth-order valence-electron chi connectivity index (χ4n) is 3.21. The van der Waals surface area contributed by atoms with Gasteiger partial charge in [0, 0.05) is 11.1 Å². The van der Waals surface area contributed by atoms with Gasteiger partial charge in [0.25, 0.3) is 0 Å². The monoisotopic (exact) mass is 278 g/mol. The molecule has 1 aliphatic carbocycles. The SMILES string of the molecule is O=C1CNC(c2ccc(Cl)cc2)N1C1CCCCC1. The summed E-state index contributed by atoms with van der Waals surface area (Å²) in [5, 5.41) is 4.06. The van der Waals surface area contributed by atoms with Crippen molar-refractivity contribution in [2.45, 2.75) is 44.3 Å².